The number of nitrogens with zero attached hydrogens (tertiary/aromatic N) is 1. The molecule has 2 aromatic rings. The van der Waals surface area contributed by atoms with E-state index in [1.54, 1.807) is 6.07 Å². The Morgan fingerprint density at radius 3 is 2.79 bits per heavy atom. The van der Waals surface area contributed by atoms with Crippen LogP contribution in [-0.4, -0.2) is 4.92 Å². The van der Waals surface area contributed by atoms with Gasteiger partial charge in [0.2, 0.25) is 0 Å². The van der Waals surface area contributed by atoms with Gasteiger partial charge in [-0.3, -0.25) is 10.1 Å². The molecule has 0 unspecified atom stereocenters. The van der Waals surface area contributed by atoms with Gasteiger partial charge in [-0.2, -0.15) is 0 Å². The van der Waals surface area contributed by atoms with E-state index in [-0.39, 0.29) is 5.00 Å². The third-order valence-electron chi connectivity index (χ3n) is 1.70. The van der Waals surface area contributed by atoms with Gasteiger partial charge in [0.15, 0.2) is 0 Å². The molecule has 0 aliphatic heterocycles. The Bertz CT molecular complexity index is 525. The SMILES string of the molecule is O=[N+]([O-])c1cc2cc(I)cc(F)c2s1. The first-order chi connectivity index (χ1) is 6.58. The van der Waals surface area contributed by atoms with Gasteiger partial charge < -0.3 is 0 Å². The zero-order chi connectivity index (χ0) is 10.3. The molecule has 0 radical (unpaired) electrons. The third kappa shape index (κ3) is 1.59. The Kier molecular flexibility index (Phi) is 2.40. The van der Waals surface area contributed by atoms with Crippen molar-refractivity contribution in [2.24, 2.45) is 0 Å². The van der Waals surface area contributed by atoms with E-state index < -0.39 is 10.7 Å². The van der Waals surface area contributed by atoms with Gasteiger partial charge in [0, 0.05) is 15.0 Å². The molecule has 0 atom stereocenters. The van der Waals surface area contributed by atoms with E-state index in [1.807, 2.05) is 22.6 Å². The first-order valence-electron chi connectivity index (χ1n) is 3.61. The molecule has 6 heteroatoms. The first-order valence-corrected chi connectivity index (χ1v) is 5.50. The predicted molar refractivity (Wildman–Crippen MR) is 61.2 cm³/mol. The Hall–Kier alpha value is -0.760. The molecule has 2 rings (SSSR count). The van der Waals surface area contributed by atoms with Crippen LogP contribution in [0.15, 0.2) is 18.2 Å². The molecule has 0 spiro atoms. The summed E-state index contributed by atoms with van der Waals surface area (Å²) in [7, 11) is 0. The zero-order valence-electron chi connectivity index (χ0n) is 6.66. The minimum absolute atomic E-state index is 0.0269. The van der Waals surface area contributed by atoms with Crippen LogP contribution in [0.5, 0.6) is 0 Å². The van der Waals surface area contributed by atoms with Crippen LogP contribution in [0.3, 0.4) is 0 Å². The number of halogens is 2. The van der Waals surface area contributed by atoms with Crippen molar-refractivity contribution in [3.63, 3.8) is 0 Å². The molecule has 0 amide bonds. The summed E-state index contributed by atoms with van der Waals surface area (Å²) in [6.45, 7) is 0. The van der Waals surface area contributed by atoms with Crippen molar-refractivity contribution in [1.82, 2.24) is 0 Å². The molecule has 0 aliphatic carbocycles. The van der Waals surface area contributed by atoms with E-state index in [0.29, 0.717) is 10.1 Å². The lowest BCUT2D eigenvalue weighted by atomic mass is 10.2. The van der Waals surface area contributed by atoms with Crippen molar-refractivity contribution < 1.29 is 9.31 Å². The van der Waals surface area contributed by atoms with Crippen LogP contribution >= 0.6 is 33.9 Å². The summed E-state index contributed by atoms with van der Waals surface area (Å²) in [6, 6.07) is 4.48. The van der Waals surface area contributed by atoms with E-state index in [2.05, 4.69) is 0 Å². The highest BCUT2D eigenvalue weighted by Gasteiger charge is 2.14. The van der Waals surface area contributed by atoms with Gasteiger partial charge in [-0.25, -0.2) is 4.39 Å². The van der Waals surface area contributed by atoms with E-state index in [1.165, 1.54) is 12.1 Å². The predicted octanol–water partition coefficient (Wildman–Crippen LogP) is 3.55. The maximum Gasteiger partial charge on any atom is 0.325 e. The van der Waals surface area contributed by atoms with Crippen molar-refractivity contribution >= 4 is 49.0 Å². The van der Waals surface area contributed by atoms with E-state index in [4.69, 9.17) is 0 Å². The molecule has 14 heavy (non-hydrogen) atoms. The average molecular weight is 323 g/mol. The summed E-state index contributed by atoms with van der Waals surface area (Å²) in [5.74, 6) is -0.398. The monoisotopic (exact) mass is 323 g/mol. The van der Waals surface area contributed by atoms with Gasteiger partial charge in [-0.15, -0.1) is 0 Å². The smallest absolute Gasteiger partial charge is 0.258 e. The molecule has 0 saturated carbocycles. The average Bonchev–Trinajstić information content (AvgIpc) is 2.47. The van der Waals surface area contributed by atoms with Crippen molar-refractivity contribution in [1.29, 1.82) is 0 Å². The van der Waals surface area contributed by atoms with E-state index in [9.17, 15) is 14.5 Å². The minimum atomic E-state index is -0.503. The molecule has 1 heterocycles. The number of hydrogen-bond acceptors (Lipinski definition) is 3. The van der Waals surface area contributed by atoms with Crippen LogP contribution in [-0.2, 0) is 0 Å². The Morgan fingerprint density at radius 2 is 2.14 bits per heavy atom. The summed E-state index contributed by atoms with van der Waals surface area (Å²) in [5, 5.41) is 11.0. The maximum atomic E-state index is 13.3. The van der Waals surface area contributed by atoms with Gasteiger partial charge in [0.05, 0.1) is 9.62 Å². The molecular formula is C8H3FINO2S. The molecule has 1 aromatic carbocycles. The minimum Gasteiger partial charge on any atom is -0.258 e. The maximum absolute atomic E-state index is 13.3. The van der Waals surface area contributed by atoms with Gasteiger partial charge in [-0.1, -0.05) is 11.3 Å². The highest BCUT2D eigenvalue weighted by molar-refractivity contribution is 14.1. The second kappa shape index (κ2) is 3.43. The van der Waals surface area contributed by atoms with Crippen LogP contribution in [0.25, 0.3) is 10.1 Å². The molecule has 0 saturated heterocycles. The fourth-order valence-corrected chi connectivity index (χ4v) is 2.62. The summed E-state index contributed by atoms with van der Waals surface area (Å²) < 4.78 is 14.4. The van der Waals surface area contributed by atoms with Gasteiger partial charge in [0.1, 0.15) is 5.82 Å². The molecular weight excluding hydrogens is 320 g/mol. The lowest BCUT2D eigenvalue weighted by Crippen LogP contribution is -1.80. The largest absolute Gasteiger partial charge is 0.325 e. The fourth-order valence-electron chi connectivity index (χ4n) is 1.15. The van der Waals surface area contributed by atoms with Gasteiger partial charge >= 0.3 is 5.00 Å². The van der Waals surface area contributed by atoms with Crippen LogP contribution in [0.4, 0.5) is 9.39 Å². The number of rotatable bonds is 1. The van der Waals surface area contributed by atoms with E-state index >= 15 is 0 Å². The molecule has 3 nitrogen and oxygen atoms in total. The van der Waals surface area contributed by atoms with Crippen molar-refractivity contribution in [3.05, 3.63) is 37.7 Å². The van der Waals surface area contributed by atoms with Crippen LogP contribution in [0.1, 0.15) is 0 Å². The molecule has 1 aromatic heterocycles. The standard InChI is InChI=1S/C8H3FINO2S/c9-6-3-5(10)1-4-2-7(11(12)13)14-8(4)6/h1-3H. The quantitative estimate of drug-likeness (QED) is 0.458. The molecule has 0 N–H and O–H groups in total. The lowest BCUT2D eigenvalue weighted by Gasteiger charge is -1.92. The number of fused-ring (bicyclic) bond motifs is 1. The highest BCUT2D eigenvalue weighted by Crippen LogP contribution is 2.34. The van der Waals surface area contributed by atoms with Crippen LogP contribution < -0.4 is 0 Å². The lowest BCUT2D eigenvalue weighted by molar-refractivity contribution is -0.380. The van der Waals surface area contributed by atoms with Gasteiger partial charge in [-0.05, 0) is 34.7 Å². The van der Waals surface area contributed by atoms with E-state index in [0.717, 1.165) is 14.9 Å². The van der Waals surface area contributed by atoms with Crippen molar-refractivity contribution in [2.75, 3.05) is 0 Å². The molecule has 0 aliphatic rings. The third-order valence-corrected chi connectivity index (χ3v) is 3.44. The molecule has 0 bridgehead atoms. The second-order valence-electron chi connectivity index (χ2n) is 2.65. The van der Waals surface area contributed by atoms with Crippen molar-refractivity contribution in [3.8, 4) is 0 Å². The number of nitro groups is 1. The summed E-state index contributed by atoms with van der Waals surface area (Å²) in [5.41, 5.74) is 0. The topological polar surface area (TPSA) is 43.1 Å². The zero-order valence-corrected chi connectivity index (χ0v) is 9.63. The normalized spacial score (nSPS) is 10.7. The van der Waals surface area contributed by atoms with Crippen molar-refractivity contribution in [2.45, 2.75) is 0 Å². The summed E-state index contributed by atoms with van der Waals surface area (Å²) in [4.78, 5) is 9.96. The summed E-state index contributed by atoms with van der Waals surface area (Å²) >= 11 is 2.84. The fraction of sp³-hybridized carbons (Fsp3) is 0. The van der Waals surface area contributed by atoms with Gasteiger partial charge in [0.25, 0.3) is 0 Å². The number of hydrogen-bond donors (Lipinski definition) is 0. The Morgan fingerprint density at radius 1 is 1.43 bits per heavy atom. The molecule has 72 valence electrons. The second-order valence-corrected chi connectivity index (χ2v) is 4.92. The number of benzene rings is 1. The Labute approximate surface area is 95.8 Å². The number of thiophene rings is 1. The summed E-state index contributed by atoms with van der Waals surface area (Å²) in [6.07, 6.45) is 0. The van der Waals surface area contributed by atoms with Crippen LogP contribution in [0.2, 0.25) is 0 Å². The highest BCUT2D eigenvalue weighted by atomic mass is 127. The molecule has 0 fully saturated rings. The Balaban J connectivity index is 2.76. The first kappa shape index (κ1) is 9.78. The van der Waals surface area contributed by atoms with Crippen LogP contribution in [0, 0.1) is 19.5 Å².